The Morgan fingerprint density at radius 2 is 1.73 bits per heavy atom. The van der Waals surface area contributed by atoms with Crippen molar-refractivity contribution in [2.75, 3.05) is 0 Å². The molecule has 106 valence electrons. The van der Waals surface area contributed by atoms with E-state index in [2.05, 4.69) is 4.98 Å². The van der Waals surface area contributed by atoms with Crippen LogP contribution in [0.2, 0.25) is 0 Å². The van der Waals surface area contributed by atoms with E-state index in [9.17, 15) is 4.79 Å². The summed E-state index contributed by atoms with van der Waals surface area (Å²) < 4.78 is 5.62. The first kappa shape index (κ1) is 16.5. The van der Waals surface area contributed by atoms with Crippen LogP contribution in [0, 0.1) is 0 Å². The van der Waals surface area contributed by atoms with Crippen LogP contribution in [0.25, 0.3) is 10.9 Å². The first-order chi connectivity index (χ1) is 10.2. The quantitative estimate of drug-likeness (QED) is 0.753. The fourth-order valence-electron chi connectivity index (χ4n) is 2.04. The molecule has 0 aliphatic heterocycles. The number of carbonyl (C=O) groups is 1. The summed E-state index contributed by atoms with van der Waals surface area (Å²) in [4.78, 5) is 15.3. The van der Waals surface area contributed by atoms with E-state index in [-0.39, 0.29) is 35.1 Å². The number of aromatic nitrogens is 1. The summed E-state index contributed by atoms with van der Waals surface area (Å²) in [6.07, 6.45) is 0. The summed E-state index contributed by atoms with van der Waals surface area (Å²) in [6, 6.07) is 18.2. The maximum absolute atomic E-state index is 10.8. The van der Waals surface area contributed by atoms with Crippen LogP contribution in [-0.2, 0) is 6.61 Å². The molecule has 1 N–H and O–H groups in total. The van der Waals surface area contributed by atoms with Gasteiger partial charge in [0.25, 0.3) is 0 Å². The van der Waals surface area contributed by atoms with E-state index in [1.54, 1.807) is 12.1 Å². The molecule has 3 aromatic rings. The first-order valence-corrected chi connectivity index (χ1v) is 6.53. The Labute approximate surface area is 150 Å². The molecule has 2 aromatic carbocycles. The number of ether oxygens (including phenoxy) is 1. The summed E-state index contributed by atoms with van der Waals surface area (Å²) >= 11 is 0. The molecule has 0 aliphatic carbocycles. The zero-order chi connectivity index (χ0) is 14.7. The molecule has 0 fully saturated rings. The predicted molar refractivity (Wildman–Crippen MR) is 86.6 cm³/mol. The van der Waals surface area contributed by atoms with Gasteiger partial charge in [-0.25, -0.2) is 9.78 Å². The number of rotatable bonds is 4. The van der Waals surface area contributed by atoms with E-state index in [1.165, 1.54) is 12.1 Å². The Bertz CT molecular complexity index is 787. The van der Waals surface area contributed by atoms with Crippen molar-refractivity contribution in [1.29, 1.82) is 0 Å². The molecule has 0 aliphatic rings. The van der Waals surface area contributed by atoms with Crippen LogP contribution in [0.15, 0.2) is 60.7 Å². The molecule has 5 heteroatoms. The fourth-order valence-corrected chi connectivity index (χ4v) is 2.04. The fraction of sp³-hybridized carbons (Fsp3) is 0.0588. The van der Waals surface area contributed by atoms with Gasteiger partial charge in [0, 0.05) is 5.39 Å². The van der Waals surface area contributed by atoms with Crippen molar-refractivity contribution >= 4 is 46.4 Å². The average Bonchev–Trinajstić information content (AvgIpc) is 2.53. The molecule has 0 bridgehead atoms. The van der Waals surface area contributed by atoms with Crippen LogP contribution in [0.5, 0.6) is 5.75 Å². The van der Waals surface area contributed by atoms with Gasteiger partial charge in [0.15, 0.2) is 0 Å². The molecule has 22 heavy (non-hydrogen) atoms. The van der Waals surface area contributed by atoms with E-state index >= 15 is 0 Å². The Balaban J connectivity index is 0.00000176. The van der Waals surface area contributed by atoms with Crippen molar-refractivity contribution in [2.24, 2.45) is 0 Å². The topological polar surface area (TPSA) is 59.4 Å². The molecule has 0 saturated carbocycles. The van der Waals surface area contributed by atoms with Crippen molar-refractivity contribution in [1.82, 2.24) is 4.98 Å². The molecule has 3 rings (SSSR count). The first-order valence-electron chi connectivity index (χ1n) is 6.53. The van der Waals surface area contributed by atoms with Crippen LogP contribution in [-0.4, -0.2) is 45.6 Å². The van der Waals surface area contributed by atoms with E-state index < -0.39 is 5.97 Å². The van der Waals surface area contributed by atoms with E-state index in [0.717, 1.165) is 16.6 Å². The maximum atomic E-state index is 10.8. The molecule has 1 aromatic heterocycles. The number of pyridine rings is 1. The van der Waals surface area contributed by atoms with Gasteiger partial charge in [-0.05, 0) is 36.4 Å². The molecule has 0 radical (unpaired) electrons. The van der Waals surface area contributed by atoms with Gasteiger partial charge >= 0.3 is 35.5 Å². The van der Waals surface area contributed by atoms with Crippen molar-refractivity contribution in [3.63, 3.8) is 0 Å². The van der Waals surface area contributed by atoms with Crippen molar-refractivity contribution in [3.05, 3.63) is 71.9 Å². The zero-order valence-corrected chi connectivity index (χ0v) is 11.2. The number of nitrogens with zero attached hydrogens (tertiary/aromatic N) is 1. The SMILES string of the molecule is O=C(O)c1ccc(OCc2ccc3ccccc3n2)cc1.[NaH]. The summed E-state index contributed by atoms with van der Waals surface area (Å²) in [6.45, 7) is 0.344. The number of aromatic carboxylic acids is 1. The molecule has 0 atom stereocenters. The molecule has 0 unspecified atom stereocenters. The van der Waals surface area contributed by atoms with Crippen molar-refractivity contribution in [2.45, 2.75) is 6.61 Å². The number of carboxylic acids is 1. The van der Waals surface area contributed by atoms with Gasteiger partial charge in [-0.1, -0.05) is 24.3 Å². The third-order valence-electron chi connectivity index (χ3n) is 3.14. The standard InChI is InChI=1S/C17H13NO3.Na.H/c19-17(20)13-6-9-15(10-7-13)21-11-14-8-5-12-3-1-2-4-16(12)18-14;;/h1-10H,11H2,(H,19,20);;. The minimum atomic E-state index is -0.947. The summed E-state index contributed by atoms with van der Waals surface area (Å²) in [5.74, 6) is -0.326. The second-order valence-corrected chi connectivity index (χ2v) is 4.61. The molecule has 1 heterocycles. The number of para-hydroxylation sites is 1. The van der Waals surface area contributed by atoms with Gasteiger partial charge in [-0.3, -0.25) is 0 Å². The summed E-state index contributed by atoms with van der Waals surface area (Å²) in [5.41, 5.74) is 2.00. The van der Waals surface area contributed by atoms with E-state index in [0.29, 0.717) is 12.4 Å². The number of fused-ring (bicyclic) bond motifs is 1. The monoisotopic (exact) mass is 303 g/mol. The Morgan fingerprint density at radius 1 is 1.00 bits per heavy atom. The minimum absolute atomic E-state index is 0. The predicted octanol–water partition coefficient (Wildman–Crippen LogP) is 2.86. The normalized spacial score (nSPS) is 10.0. The summed E-state index contributed by atoms with van der Waals surface area (Å²) in [5, 5.41) is 9.92. The van der Waals surface area contributed by atoms with Crippen molar-refractivity contribution in [3.8, 4) is 5.75 Å². The average molecular weight is 303 g/mol. The van der Waals surface area contributed by atoms with Gasteiger partial charge in [0.1, 0.15) is 12.4 Å². The Morgan fingerprint density at radius 3 is 2.45 bits per heavy atom. The van der Waals surface area contributed by atoms with E-state index in [4.69, 9.17) is 9.84 Å². The molecular weight excluding hydrogens is 289 g/mol. The molecule has 0 saturated heterocycles. The Hall–Kier alpha value is -1.88. The second kappa shape index (κ2) is 7.40. The van der Waals surface area contributed by atoms with Gasteiger partial charge in [-0.2, -0.15) is 0 Å². The van der Waals surface area contributed by atoms with Gasteiger partial charge < -0.3 is 9.84 Å². The second-order valence-electron chi connectivity index (χ2n) is 4.61. The van der Waals surface area contributed by atoms with Gasteiger partial charge in [-0.15, -0.1) is 0 Å². The van der Waals surface area contributed by atoms with Crippen LogP contribution in [0.3, 0.4) is 0 Å². The summed E-state index contributed by atoms with van der Waals surface area (Å²) in [7, 11) is 0. The van der Waals surface area contributed by atoms with E-state index in [1.807, 2.05) is 36.4 Å². The number of benzene rings is 2. The van der Waals surface area contributed by atoms with Crippen molar-refractivity contribution < 1.29 is 14.6 Å². The van der Waals surface area contributed by atoms with Crippen LogP contribution in [0.4, 0.5) is 0 Å². The molecular formula is C17H14NNaO3. The van der Waals surface area contributed by atoms with Crippen LogP contribution in [0.1, 0.15) is 16.1 Å². The molecule has 0 amide bonds. The third-order valence-corrected chi connectivity index (χ3v) is 3.14. The van der Waals surface area contributed by atoms with Crippen LogP contribution >= 0.6 is 0 Å². The Kier molecular flexibility index (Phi) is 5.55. The molecule has 0 spiro atoms. The van der Waals surface area contributed by atoms with Crippen LogP contribution < -0.4 is 4.74 Å². The third kappa shape index (κ3) is 3.85. The van der Waals surface area contributed by atoms with Gasteiger partial charge in [0.2, 0.25) is 0 Å². The number of hydrogen-bond donors (Lipinski definition) is 1. The number of hydrogen-bond acceptors (Lipinski definition) is 3. The molecule has 4 nitrogen and oxygen atoms in total. The van der Waals surface area contributed by atoms with Gasteiger partial charge in [0.05, 0.1) is 16.8 Å². The zero-order valence-electron chi connectivity index (χ0n) is 11.2. The number of carboxylic acid groups (broad SMARTS) is 1.